The Kier molecular flexibility index (Phi) is 4.27. The summed E-state index contributed by atoms with van der Waals surface area (Å²) in [6.07, 6.45) is 0. The van der Waals surface area contributed by atoms with Crippen LogP contribution in [0.2, 0.25) is 0 Å². The van der Waals surface area contributed by atoms with Crippen molar-refractivity contribution in [3.63, 3.8) is 0 Å². The molecule has 6 heteroatoms. The van der Waals surface area contributed by atoms with Crippen LogP contribution in [0.5, 0.6) is 5.75 Å². The summed E-state index contributed by atoms with van der Waals surface area (Å²) in [4.78, 5) is 0. The Morgan fingerprint density at radius 1 is 1.10 bits per heavy atom. The van der Waals surface area contributed by atoms with Crippen LogP contribution >= 0.6 is 0 Å². The number of benzene rings is 1. The Hall–Kier alpha value is -2.24. The molecule has 0 heterocycles. The molecule has 0 aromatic heterocycles. The lowest BCUT2D eigenvalue weighted by Gasteiger charge is -2.15. The van der Waals surface area contributed by atoms with E-state index in [0.29, 0.717) is 11.1 Å². The minimum absolute atomic E-state index is 0.113. The molecule has 0 radical (unpaired) electrons. The molecule has 1 aromatic carbocycles. The molecular formula is C14H19F2N3O. The molecule has 0 unspecified atom stereocenters. The van der Waals surface area contributed by atoms with Gasteiger partial charge in [-0.3, -0.25) is 0 Å². The van der Waals surface area contributed by atoms with Gasteiger partial charge in [-0.2, -0.15) is 0 Å². The molecule has 20 heavy (non-hydrogen) atoms. The summed E-state index contributed by atoms with van der Waals surface area (Å²) in [5.74, 6) is -3.23. The van der Waals surface area contributed by atoms with E-state index in [-0.39, 0.29) is 28.4 Å². The van der Waals surface area contributed by atoms with Gasteiger partial charge in [-0.05, 0) is 37.1 Å². The minimum atomic E-state index is -3.03. The van der Waals surface area contributed by atoms with E-state index in [2.05, 4.69) is 0 Å². The molecule has 0 aliphatic rings. The Morgan fingerprint density at radius 3 is 2.05 bits per heavy atom. The van der Waals surface area contributed by atoms with Crippen LogP contribution in [-0.4, -0.2) is 5.11 Å². The number of nitrogens with two attached hydrogens (primary N) is 3. The molecule has 7 N–H and O–H groups in total. The van der Waals surface area contributed by atoms with Gasteiger partial charge < -0.3 is 22.3 Å². The number of hydrogen-bond donors (Lipinski definition) is 4. The third-order valence-corrected chi connectivity index (χ3v) is 3.19. The largest absolute Gasteiger partial charge is 0.507 e. The average Bonchev–Trinajstić information content (AvgIpc) is 2.34. The van der Waals surface area contributed by atoms with Gasteiger partial charge in [0, 0.05) is 23.7 Å². The highest BCUT2D eigenvalue weighted by Crippen LogP contribution is 2.33. The summed E-state index contributed by atoms with van der Waals surface area (Å²) >= 11 is 0. The number of phenols is 1. The number of hydrogen-bond acceptors (Lipinski definition) is 4. The third kappa shape index (κ3) is 3.20. The molecule has 0 spiro atoms. The highest BCUT2D eigenvalue weighted by Gasteiger charge is 2.25. The van der Waals surface area contributed by atoms with E-state index in [1.54, 1.807) is 13.8 Å². The highest BCUT2D eigenvalue weighted by molar-refractivity contribution is 5.73. The SMILES string of the molecule is CC(=C(N)N)/C(C)=C(\N)c1ccc(C(C)(F)F)cc1O. The fraction of sp³-hybridized carbons (Fsp3) is 0.286. The topological polar surface area (TPSA) is 98.3 Å². The van der Waals surface area contributed by atoms with Crippen LogP contribution in [0.15, 0.2) is 35.2 Å². The summed E-state index contributed by atoms with van der Waals surface area (Å²) in [6.45, 7) is 4.13. The lowest BCUT2D eigenvalue weighted by atomic mass is 9.99. The normalized spacial score (nSPS) is 12.8. The smallest absolute Gasteiger partial charge is 0.270 e. The molecule has 4 nitrogen and oxygen atoms in total. The van der Waals surface area contributed by atoms with E-state index in [1.165, 1.54) is 12.1 Å². The fourth-order valence-corrected chi connectivity index (χ4v) is 1.65. The molecular weight excluding hydrogens is 264 g/mol. The molecule has 1 aromatic rings. The lowest BCUT2D eigenvalue weighted by Crippen LogP contribution is -2.13. The van der Waals surface area contributed by atoms with Crippen LogP contribution in [0.4, 0.5) is 8.78 Å². The summed E-state index contributed by atoms with van der Waals surface area (Å²) in [6, 6.07) is 3.57. The molecule has 0 saturated heterocycles. The zero-order chi connectivity index (χ0) is 15.7. The van der Waals surface area contributed by atoms with Gasteiger partial charge in [0.25, 0.3) is 5.92 Å². The van der Waals surface area contributed by atoms with Crippen LogP contribution in [0.1, 0.15) is 31.9 Å². The van der Waals surface area contributed by atoms with Crippen LogP contribution in [-0.2, 0) is 5.92 Å². The molecule has 110 valence electrons. The van der Waals surface area contributed by atoms with Gasteiger partial charge in [0.15, 0.2) is 0 Å². The van der Waals surface area contributed by atoms with Crippen molar-refractivity contribution in [3.05, 3.63) is 46.3 Å². The highest BCUT2D eigenvalue weighted by atomic mass is 19.3. The number of rotatable bonds is 3. The Balaban J connectivity index is 3.36. The molecule has 0 bridgehead atoms. The maximum atomic E-state index is 13.2. The summed E-state index contributed by atoms with van der Waals surface area (Å²) in [7, 11) is 0. The predicted octanol–water partition coefficient (Wildman–Crippen LogP) is 2.34. The first-order chi connectivity index (χ1) is 9.05. The van der Waals surface area contributed by atoms with Crippen molar-refractivity contribution in [3.8, 4) is 5.75 Å². The van der Waals surface area contributed by atoms with Gasteiger partial charge >= 0.3 is 0 Å². The van der Waals surface area contributed by atoms with Gasteiger partial charge in [0.05, 0.1) is 5.82 Å². The zero-order valence-corrected chi connectivity index (χ0v) is 11.7. The monoisotopic (exact) mass is 283 g/mol. The van der Waals surface area contributed by atoms with E-state index >= 15 is 0 Å². The van der Waals surface area contributed by atoms with Crippen molar-refractivity contribution in [2.24, 2.45) is 17.2 Å². The molecule has 0 amide bonds. The molecule has 0 saturated carbocycles. The van der Waals surface area contributed by atoms with Gasteiger partial charge in [0.2, 0.25) is 0 Å². The van der Waals surface area contributed by atoms with E-state index in [9.17, 15) is 13.9 Å². The van der Waals surface area contributed by atoms with E-state index < -0.39 is 5.92 Å². The quantitative estimate of drug-likeness (QED) is 0.640. The van der Waals surface area contributed by atoms with Crippen LogP contribution in [0, 0.1) is 0 Å². The van der Waals surface area contributed by atoms with Crippen LogP contribution in [0.25, 0.3) is 5.70 Å². The summed E-state index contributed by atoms with van der Waals surface area (Å²) < 4.78 is 26.3. The molecule has 0 aliphatic carbocycles. The second-order valence-corrected chi connectivity index (χ2v) is 4.74. The van der Waals surface area contributed by atoms with Crippen molar-refractivity contribution in [1.29, 1.82) is 0 Å². The van der Waals surface area contributed by atoms with Crippen molar-refractivity contribution >= 4 is 5.70 Å². The first kappa shape index (κ1) is 15.8. The second kappa shape index (κ2) is 5.40. The van der Waals surface area contributed by atoms with Crippen molar-refractivity contribution < 1.29 is 13.9 Å². The molecule has 0 aliphatic heterocycles. The first-order valence-corrected chi connectivity index (χ1v) is 5.96. The van der Waals surface area contributed by atoms with Gasteiger partial charge in [-0.25, -0.2) is 8.78 Å². The van der Waals surface area contributed by atoms with Gasteiger partial charge in [-0.1, -0.05) is 6.07 Å². The van der Waals surface area contributed by atoms with Crippen molar-refractivity contribution in [2.75, 3.05) is 0 Å². The standard InChI is InChI=1S/C14H19F2N3O/c1-7(8(2)13(18)19)12(17)10-5-4-9(6-11(10)20)14(3,15)16/h4-6,20H,17-19H2,1-3H3/b12-7-. The van der Waals surface area contributed by atoms with E-state index in [1.807, 2.05) is 0 Å². The van der Waals surface area contributed by atoms with Crippen molar-refractivity contribution in [1.82, 2.24) is 0 Å². The van der Waals surface area contributed by atoms with Crippen LogP contribution in [0.3, 0.4) is 0 Å². The lowest BCUT2D eigenvalue weighted by molar-refractivity contribution is 0.0172. The van der Waals surface area contributed by atoms with Crippen LogP contribution < -0.4 is 17.2 Å². The number of halogens is 2. The fourth-order valence-electron chi connectivity index (χ4n) is 1.65. The number of aromatic hydroxyl groups is 1. The minimum Gasteiger partial charge on any atom is -0.507 e. The number of alkyl halides is 2. The molecule has 0 atom stereocenters. The van der Waals surface area contributed by atoms with E-state index in [0.717, 1.165) is 13.0 Å². The zero-order valence-electron chi connectivity index (χ0n) is 11.7. The maximum absolute atomic E-state index is 13.2. The van der Waals surface area contributed by atoms with Gasteiger partial charge in [-0.15, -0.1) is 0 Å². The Labute approximate surface area is 116 Å². The number of phenolic OH excluding ortho intramolecular Hbond substituents is 1. The van der Waals surface area contributed by atoms with Crippen molar-refractivity contribution in [2.45, 2.75) is 26.7 Å². The Bertz CT molecular complexity index is 583. The second-order valence-electron chi connectivity index (χ2n) is 4.74. The average molecular weight is 283 g/mol. The molecule has 0 fully saturated rings. The molecule has 1 rings (SSSR count). The Morgan fingerprint density at radius 2 is 1.65 bits per heavy atom. The first-order valence-electron chi connectivity index (χ1n) is 5.96. The third-order valence-electron chi connectivity index (χ3n) is 3.19. The summed E-state index contributed by atoms with van der Waals surface area (Å²) in [5, 5.41) is 9.87. The van der Waals surface area contributed by atoms with Gasteiger partial charge in [0.1, 0.15) is 5.75 Å². The van der Waals surface area contributed by atoms with E-state index in [4.69, 9.17) is 17.2 Å². The number of allylic oxidation sites excluding steroid dienone is 2. The predicted molar refractivity (Wildman–Crippen MR) is 75.5 cm³/mol. The maximum Gasteiger partial charge on any atom is 0.270 e. The summed E-state index contributed by atoms with van der Waals surface area (Å²) in [5.41, 5.74) is 18.2.